The number of rotatable bonds is 6. The molecule has 35 heavy (non-hydrogen) atoms. The van der Waals surface area contributed by atoms with Crippen LogP contribution in [0.1, 0.15) is 18.4 Å². The predicted octanol–water partition coefficient (Wildman–Crippen LogP) is 2.78. The summed E-state index contributed by atoms with van der Waals surface area (Å²) in [4.78, 5) is -0.870. The van der Waals surface area contributed by atoms with E-state index < -0.39 is 46.8 Å². The molecule has 1 fully saturated rings. The lowest BCUT2D eigenvalue weighted by Gasteiger charge is -2.35. The lowest BCUT2D eigenvalue weighted by atomic mass is 10.1. The van der Waals surface area contributed by atoms with E-state index in [2.05, 4.69) is 25.3 Å². The number of piperidine rings is 1. The molecule has 0 radical (unpaired) electrons. The number of hydrogen-bond donors (Lipinski definition) is 2. The van der Waals surface area contributed by atoms with Gasteiger partial charge in [0, 0.05) is 18.2 Å². The first kappa shape index (κ1) is 25.9. The highest BCUT2D eigenvalue weighted by atomic mass is 127. The van der Waals surface area contributed by atoms with E-state index in [-0.39, 0.29) is 30.1 Å². The highest BCUT2D eigenvalue weighted by Gasteiger charge is 2.40. The molecule has 1 aromatic heterocycles. The van der Waals surface area contributed by atoms with Crippen LogP contribution in [0.3, 0.4) is 0 Å². The summed E-state index contributed by atoms with van der Waals surface area (Å²) in [5, 5.41) is 13.4. The monoisotopic (exact) mass is 642 g/mol. The fourth-order valence-electron chi connectivity index (χ4n) is 3.70. The molecule has 16 heteroatoms. The maximum absolute atomic E-state index is 13.3. The van der Waals surface area contributed by atoms with Crippen molar-refractivity contribution in [1.29, 1.82) is 0 Å². The van der Waals surface area contributed by atoms with E-state index >= 15 is 0 Å². The third-order valence-corrected chi connectivity index (χ3v) is 10.4. The third kappa shape index (κ3) is 5.50. The zero-order chi connectivity index (χ0) is 25.4. The molecule has 0 amide bonds. The van der Waals surface area contributed by atoms with Crippen LogP contribution in [0.5, 0.6) is 0 Å². The van der Waals surface area contributed by atoms with Crippen molar-refractivity contribution in [2.75, 3.05) is 6.54 Å². The zero-order valence-corrected chi connectivity index (χ0v) is 21.4. The number of aromatic nitrogens is 4. The van der Waals surface area contributed by atoms with E-state index in [0.29, 0.717) is 11.6 Å². The lowest BCUT2D eigenvalue weighted by molar-refractivity contribution is -0.139. The van der Waals surface area contributed by atoms with Crippen LogP contribution in [-0.2, 0) is 26.2 Å². The molecule has 2 N–H and O–H groups in total. The minimum Gasteiger partial charge on any atom is -0.208 e. The van der Waals surface area contributed by atoms with Crippen molar-refractivity contribution in [3.05, 3.63) is 54.1 Å². The number of hydrogen-bond acceptors (Lipinski definition) is 7. The van der Waals surface area contributed by atoms with Gasteiger partial charge in [0.25, 0.3) is 0 Å². The number of nitrogens with one attached hydrogen (secondary N) is 2. The molecule has 1 aliphatic heterocycles. The van der Waals surface area contributed by atoms with Crippen LogP contribution < -0.4 is 4.72 Å². The molecule has 2 aromatic carbocycles. The fourth-order valence-corrected chi connectivity index (χ4v) is 8.54. The standard InChI is InChI=1S/C19H18F3IN6O4S2/c20-19(21,22)15-6-1-2-7-16(15)34(30,31)26-13-8-9-29(17(23)11-13)35(32,33)14-5-3-4-12(10-14)18-24-27-28-25-18/h1-7,10,13,17,26H,8-9,11H2,(H,24,25,27,28). The third-order valence-electron chi connectivity index (χ3n) is 5.34. The summed E-state index contributed by atoms with van der Waals surface area (Å²) < 4.78 is 94.9. The van der Waals surface area contributed by atoms with Crippen molar-refractivity contribution in [1.82, 2.24) is 29.7 Å². The maximum Gasteiger partial charge on any atom is 0.417 e. The summed E-state index contributed by atoms with van der Waals surface area (Å²) >= 11 is 1.88. The number of H-pyrrole nitrogens is 1. The van der Waals surface area contributed by atoms with Gasteiger partial charge < -0.3 is 0 Å². The van der Waals surface area contributed by atoms with Crippen molar-refractivity contribution >= 4 is 42.6 Å². The Morgan fingerprint density at radius 1 is 1.09 bits per heavy atom. The highest BCUT2D eigenvalue weighted by Crippen LogP contribution is 2.35. The van der Waals surface area contributed by atoms with Crippen molar-refractivity contribution in [2.45, 2.75) is 38.9 Å². The molecule has 10 nitrogen and oxygen atoms in total. The Kier molecular flexibility index (Phi) is 7.20. The number of tetrazole rings is 1. The molecule has 2 unspecified atom stereocenters. The van der Waals surface area contributed by atoms with Crippen molar-refractivity contribution in [3.63, 3.8) is 0 Å². The fraction of sp³-hybridized carbons (Fsp3) is 0.316. The average Bonchev–Trinajstić information content (AvgIpc) is 3.33. The molecule has 0 saturated carbocycles. The van der Waals surface area contributed by atoms with Gasteiger partial charge in [0.1, 0.15) is 0 Å². The average molecular weight is 642 g/mol. The van der Waals surface area contributed by atoms with Crippen LogP contribution in [0.2, 0.25) is 0 Å². The number of halogens is 4. The Labute approximate surface area is 212 Å². The van der Waals surface area contributed by atoms with Gasteiger partial charge in [0.05, 0.1) is 19.4 Å². The van der Waals surface area contributed by atoms with Gasteiger partial charge in [-0.05, 0) is 42.3 Å². The first-order valence-corrected chi connectivity index (χ1v) is 14.2. The summed E-state index contributed by atoms with van der Waals surface area (Å²) in [5.74, 6) is 0.223. The van der Waals surface area contributed by atoms with Crippen LogP contribution in [-0.4, -0.2) is 58.4 Å². The second-order valence-corrected chi connectivity index (χ2v) is 12.7. The van der Waals surface area contributed by atoms with Gasteiger partial charge in [-0.3, -0.25) is 0 Å². The molecule has 0 spiro atoms. The summed E-state index contributed by atoms with van der Waals surface area (Å²) in [7, 11) is -8.45. The summed E-state index contributed by atoms with van der Waals surface area (Å²) in [6.45, 7) is -0.0313. The number of aromatic amines is 1. The highest BCUT2D eigenvalue weighted by molar-refractivity contribution is 14.1. The van der Waals surface area contributed by atoms with E-state index in [9.17, 15) is 30.0 Å². The van der Waals surface area contributed by atoms with Crippen molar-refractivity contribution in [2.24, 2.45) is 0 Å². The van der Waals surface area contributed by atoms with E-state index in [1.807, 2.05) is 22.6 Å². The Morgan fingerprint density at radius 2 is 1.83 bits per heavy atom. The molecule has 0 bridgehead atoms. The molecular formula is C19H18F3IN6O4S2. The van der Waals surface area contributed by atoms with Gasteiger partial charge >= 0.3 is 6.18 Å². The van der Waals surface area contributed by atoms with Gasteiger partial charge in [-0.2, -0.15) is 22.7 Å². The lowest BCUT2D eigenvalue weighted by Crippen LogP contribution is -2.49. The minimum atomic E-state index is -4.84. The topological polar surface area (TPSA) is 138 Å². The SMILES string of the molecule is O=S(=O)(NC1CCN(S(=O)(=O)c2cccc(-c3nn[nH]n3)c2)C(I)C1)c1ccccc1C(F)(F)F. The summed E-state index contributed by atoms with van der Waals surface area (Å²) in [6.07, 6.45) is -4.70. The smallest absolute Gasteiger partial charge is 0.208 e. The Hall–Kier alpha value is -2.15. The maximum atomic E-state index is 13.3. The largest absolute Gasteiger partial charge is 0.417 e. The van der Waals surface area contributed by atoms with Crippen LogP contribution in [0, 0.1) is 0 Å². The zero-order valence-electron chi connectivity index (χ0n) is 17.6. The van der Waals surface area contributed by atoms with Crippen LogP contribution >= 0.6 is 22.6 Å². The van der Waals surface area contributed by atoms with Gasteiger partial charge in [-0.1, -0.05) is 46.9 Å². The molecule has 1 aliphatic rings. The van der Waals surface area contributed by atoms with Gasteiger partial charge in [0.15, 0.2) is 0 Å². The Morgan fingerprint density at radius 3 is 2.49 bits per heavy atom. The molecule has 2 heterocycles. The van der Waals surface area contributed by atoms with E-state index in [4.69, 9.17) is 0 Å². The molecule has 188 valence electrons. The number of benzene rings is 2. The molecular weight excluding hydrogens is 624 g/mol. The van der Waals surface area contributed by atoms with Crippen molar-refractivity contribution in [3.8, 4) is 11.4 Å². The van der Waals surface area contributed by atoms with Crippen LogP contribution in [0.4, 0.5) is 13.2 Å². The Bertz CT molecular complexity index is 1420. The predicted molar refractivity (Wildman–Crippen MR) is 126 cm³/mol. The number of nitrogens with zero attached hydrogens (tertiary/aromatic N) is 4. The van der Waals surface area contributed by atoms with E-state index in [0.717, 1.165) is 12.1 Å². The first-order valence-electron chi connectivity index (χ1n) is 10.1. The first-order chi connectivity index (χ1) is 16.4. The van der Waals surface area contributed by atoms with Gasteiger partial charge in [-0.25, -0.2) is 21.6 Å². The number of sulfonamides is 2. The molecule has 3 aromatic rings. The quantitative estimate of drug-likeness (QED) is 0.240. The molecule has 1 saturated heterocycles. The van der Waals surface area contributed by atoms with Crippen LogP contribution in [0.15, 0.2) is 58.3 Å². The van der Waals surface area contributed by atoms with E-state index in [1.54, 1.807) is 12.1 Å². The molecule has 4 rings (SSSR count). The normalized spacial score (nSPS) is 20.1. The van der Waals surface area contributed by atoms with Crippen LogP contribution in [0.25, 0.3) is 11.4 Å². The second-order valence-electron chi connectivity index (χ2n) is 7.65. The summed E-state index contributed by atoms with van der Waals surface area (Å²) in [6, 6.07) is 9.17. The second kappa shape index (κ2) is 9.72. The van der Waals surface area contributed by atoms with E-state index in [1.165, 1.54) is 22.5 Å². The van der Waals surface area contributed by atoms with Crippen molar-refractivity contribution < 1.29 is 30.0 Å². The van der Waals surface area contributed by atoms with Gasteiger partial charge in [-0.15, -0.1) is 10.2 Å². The number of alkyl halides is 4. The summed E-state index contributed by atoms with van der Waals surface area (Å²) in [5.41, 5.74) is -0.823. The molecule has 0 aliphatic carbocycles. The van der Waals surface area contributed by atoms with Gasteiger partial charge in [0.2, 0.25) is 25.9 Å². The minimum absolute atomic E-state index is 0.000369. The Balaban J connectivity index is 1.51. The molecule has 2 atom stereocenters.